The smallest absolute Gasteiger partial charge is 0.336 e. The molecule has 4 aromatic rings. The third kappa shape index (κ3) is 2.18. The zero-order valence-electron chi connectivity index (χ0n) is 11.8. The Morgan fingerprint density at radius 1 is 1.29 bits per heavy atom. The Kier molecular flexibility index (Phi) is 3.15. The lowest BCUT2D eigenvalue weighted by atomic mass is 10.1. The molecule has 4 aromatic heterocycles. The third-order valence-electron chi connectivity index (χ3n) is 3.50. The van der Waals surface area contributed by atoms with Gasteiger partial charge in [-0.3, -0.25) is 5.41 Å². The van der Waals surface area contributed by atoms with E-state index in [1.807, 2.05) is 0 Å². The molecule has 122 valence electrons. The van der Waals surface area contributed by atoms with E-state index >= 15 is 0 Å². The molecule has 0 bridgehead atoms. The average molecular weight is 367 g/mol. The van der Waals surface area contributed by atoms with E-state index in [-0.39, 0.29) is 31.6 Å². The number of nitrogen functional groups attached to an aromatic ring is 1. The van der Waals surface area contributed by atoms with Gasteiger partial charge in [-0.1, -0.05) is 6.07 Å². The van der Waals surface area contributed by atoms with Crippen LogP contribution in [-0.4, -0.2) is 14.6 Å². The minimum Gasteiger partial charge on any atom is -0.336 e. The fourth-order valence-electron chi connectivity index (χ4n) is 2.44. The van der Waals surface area contributed by atoms with Gasteiger partial charge in [-0.15, -0.1) is 22.7 Å². The quantitative estimate of drug-likeness (QED) is 0.505. The predicted molar refractivity (Wildman–Crippen MR) is 87.2 cm³/mol. The number of fused-ring (bicyclic) bond motifs is 3. The Morgan fingerprint density at radius 3 is 2.75 bits per heavy atom. The first kappa shape index (κ1) is 15.1. The number of halogens is 3. The third-order valence-corrected chi connectivity index (χ3v) is 5.47. The summed E-state index contributed by atoms with van der Waals surface area (Å²) in [5.41, 5.74) is -0.555. The van der Waals surface area contributed by atoms with Gasteiger partial charge in [0.15, 0.2) is 5.49 Å². The van der Waals surface area contributed by atoms with Gasteiger partial charge in [0.05, 0.1) is 31.7 Å². The topological polar surface area (TPSA) is 80.6 Å². The zero-order chi connectivity index (χ0) is 17.1. The maximum Gasteiger partial charge on any atom is 0.417 e. The van der Waals surface area contributed by atoms with E-state index in [2.05, 4.69) is 9.97 Å². The van der Waals surface area contributed by atoms with Crippen molar-refractivity contribution in [3.8, 4) is 10.6 Å². The van der Waals surface area contributed by atoms with E-state index in [4.69, 9.17) is 11.3 Å². The lowest BCUT2D eigenvalue weighted by molar-refractivity contribution is -0.136. The summed E-state index contributed by atoms with van der Waals surface area (Å²) in [7, 11) is 0. The Hall–Kier alpha value is -2.46. The van der Waals surface area contributed by atoms with Gasteiger partial charge in [-0.05, 0) is 17.5 Å². The van der Waals surface area contributed by atoms with Crippen LogP contribution in [-0.2, 0) is 6.18 Å². The van der Waals surface area contributed by atoms with Gasteiger partial charge in [0.25, 0.3) is 0 Å². The maximum absolute atomic E-state index is 13.6. The van der Waals surface area contributed by atoms with Crippen LogP contribution in [0.1, 0.15) is 5.56 Å². The second-order valence-corrected chi connectivity index (χ2v) is 6.94. The summed E-state index contributed by atoms with van der Waals surface area (Å²) in [6, 6.07) is 4.51. The molecule has 0 aliphatic carbocycles. The number of nitrogens with one attached hydrogen (secondary N) is 1. The summed E-state index contributed by atoms with van der Waals surface area (Å²) in [6.07, 6.45) is -3.43. The second-order valence-electron chi connectivity index (χ2n) is 4.99. The number of hydrogen-bond donors (Lipinski definition) is 2. The normalized spacial score (nSPS) is 12.3. The SMILES string of the molecule is N=c1c2sc3nc(-c4cccs4)cc(C(F)(F)F)c3c2ncn1N. The highest BCUT2D eigenvalue weighted by Gasteiger charge is 2.35. The minimum absolute atomic E-state index is 0.0862. The molecule has 0 aliphatic heterocycles. The van der Waals surface area contributed by atoms with Crippen molar-refractivity contribution in [3.05, 3.63) is 41.0 Å². The number of pyridine rings is 1. The van der Waals surface area contributed by atoms with Gasteiger partial charge < -0.3 is 5.84 Å². The Labute approximate surface area is 140 Å². The summed E-state index contributed by atoms with van der Waals surface area (Å²) < 4.78 is 42.0. The number of nitrogens with zero attached hydrogens (tertiary/aromatic N) is 3. The molecule has 5 nitrogen and oxygen atoms in total. The Bertz CT molecular complexity index is 1130. The largest absolute Gasteiger partial charge is 0.417 e. The lowest BCUT2D eigenvalue weighted by Gasteiger charge is -2.10. The fraction of sp³-hybridized carbons (Fsp3) is 0.0714. The summed E-state index contributed by atoms with van der Waals surface area (Å²) >= 11 is 2.30. The van der Waals surface area contributed by atoms with E-state index < -0.39 is 11.7 Å². The van der Waals surface area contributed by atoms with Crippen LogP contribution in [0.4, 0.5) is 13.2 Å². The molecular formula is C14H8F3N5S2. The Balaban J connectivity index is 2.18. The summed E-state index contributed by atoms with van der Waals surface area (Å²) in [6.45, 7) is 0. The van der Waals surface area contributed by atoms with Crippen molar-refractivity contribution in [2.45, 2.75) is 6.18 Å². The van der Waals surface area contributed by atoms with Crippen molar-refractivity contribution in [1.29, 1.82) is 5.41 Å². The van der Waals surface area contributed by atoms with Crippen LogP contribution in [0.2, 0.25) is 0 Å². The minimum atomic E-state index is -4.56. The zero-order valence-corrected chi connectivity index (χ0v) is 13.4. The van der Waals surface area contributed by atoms with Gasteiger partial charge in [-0.2, -0.15) is 13.2 Å². The van der Waals surface area contributed by atoms with Crippen molar-refractivity contribution in [2.24, 2.45) is 0 Å². The van der Waals surface area contributed by atoms with E-state index in [0.717, 1.165) is 28.4 Å². The van der Waals surface area contributed by atoms with Crippen LogP contribution in [0, 0.1) is 5.41 Å². The number of nitrogens with two attached hydrogens (primary N) is 1. The molecule has 0 aliphatic rings. The molecule has 0 saturated carbocycles. The first-order chi connectivity index (χ1) is 11.4. The van der Waals surface area contributed by atoms with Crippen molar-refractivity contribution < 1.29 is 13.2 Å². The fourth-order valence-corrected chi connectivity index (χ4v) is 4.22. The molecule has 4 heterocycles. The summed E-state index contributed by atoms with van der Waals surface area (Å²) in [5, 5.41) is 9.63. The van der Waals surface area contributed by atoms with Gasteiger partial charge in [0.1, 0.15) is 11.2 Å². The molecule has 0 radical (unpaired) electrons. The lowest BCUT2D eigenvalue weighted by Crippen LogP contribution is -2.26. The number of rotatable bonds is 1. The molecule has 0 unspecified atom stereocenters. The van der Waals surface area contributed by atoms with Crippen molar-refractivity contribution in [3.63, 3.8) is 0 Å². The highest BCUT2D eigenvalue weighted by molar-refractivity contribution is 7.25. The molecule has 3 N–H and O–H groups in total. The molecule has 0 aromatic carbocycles. The van der Waals surface area contributed by atoms with Gasteiger partial charge in [0.2, 0.25) is 0 Å². The van der Waals surface area contributed by atoms with E-state index in [1.165, 1.54) is 11.3 Å². The van der Waals surface area contributed by atoms with Crippen LogP contribution < -0.4 is 11.3 Å². The van der Waals surface area contributed by atoms with Crippen molar-refractivity contribution in [2.75, 3.05) is 5.84 Å². The molecule has 0 saturated heterocycles. The van der Waals surface area contributed by atoms with Gasteiger partial charge in [0, 0.05) is 0 Å². The summed E-state index contributed by atoms with van der Waals surface area (Å²) in [4.78, 5) is 9.18. The van der Waals surface area contributed by atoms with Crippen LogP contribution in [0.3, 0.4) is 0 Å². The Morgan fingerprint density at radius 2 is 2.08 bits per heavy atom. The molecule has 4 rings (SSSR count). The molecule has 0 spiro atoms. The van der Waals surface area contributed by atoms with Crippen LogP contribution >= 0.6 is 22.7 Å². The van der Waals surface area contributed by atoms with Gasteiger partial charge >= 0.3 is 6.18 Å². The molecule has 0 atom stereocenters. The second kappa shape index (κ2) is 5.02. The summed E-state index contributed by atoms with van der Waals surface area (Å²) in [5.74, 6) is 5.57. The standard InChI is InChI=1S/C14H8F3N5S2/c15-14(16,17)6-4-7(8-2-1-3-23-8)21-13-9(6)10-11(24-13)12(18)22(19)5-20-10/h1-5,18H,19H2. The van der Waals surface area contributed by atoms with E-state index in [0.29, 0.717) is 4.88 Å². The molecule has 0 amide bonds. The number of thiophene rings is 2. The highest BCUT2D eigenvalue weighted by atomic mass is 32.1. The van der Waals surface area contributed by atoms with Crippen LogP contribution in [0.15, 0.2) is 29.9 Å². The number of aromatic nitrogens is 3. The monoisotopic (exact) mass is 367 g/mol. The first-order valence-corrected chi connectivity index (χ1v) is 8.31. The number of hydrogen-bond acceptors (Lipinski definition) is 6. The van der Waals surface area contributed by atoms with Crippen LogP contribution in [0.5, 0.6) is 0 Å². The highest BCUT2D eigenvalue weighted by Crippen LogP contribution is 2.42. The van der Waals surface area contributed by atoms with Crippen molar-refractivity contribution >= 4 is 43.1 Å². The van der Waals surface area contributed by atoms with E-state index in [1.54, 1.807) is 17.5 Å². The molecule has 0 fully saturated rings. The predicted octanol–water partition coefficient (Wildman–Crippen LogP) is 3.59. The van der Waals surface area contributed by atoms with E-state index in [9.17, 15) is 13.2 Å². The first-order valence-electron chi connectivity index (χ1n) is 6.62. The molecule has 24 heavy (non-hydrogen) atoms. The van der Waals surface area contributed by atoms with Crippen molar-refractivity contribution in [1.82, 2.24) is 14.6 Å². The average Bonchev–Trinajstić information content (AvgIpc) is 3.16. The molecular weight excluding hydrogens is 359 g/mol. The maximum atomic E-state index is 13.6. The number of alkyl halides is 3. The van der Waals surface area contributed by atoms with Crippen LogP contribution in [0.25, 0.3) is 31.0 Å². The van der Waals surface area contributed by atoms with Gasteiger partial charge in [-0.25, -0.2) is 14.6 Å². The molecule has 10 heteroatoms.